The molecule has 0 bridgehead atoms. The largest absolute Gasteiger partial charge is 0.501 e. The van der Waals surface area contributed by atoms with Gasteiger partial charge in [0.05, 0.1) is 12.2 Å². The Labute approximate surface area is 176 Å². The van der Waals surface area contributed by atoms with Crippen LogP contribution in [0.25, 0.3) is 0 Å². The number of aromatic nitrogens is 5. The second kappa shape index (κ2) is 8.27. The molecule has 0 spiro atoms. The molecule has 158 valence electrons. The summed E-state index contributed by atoms with van der Waals surface area (Å²) in [5.74, 6) is -1.53. The van der Waals surface area contributed by atoms with E-state index in [1.165, 1.54) is 24.1 Å². The van der Waals surface area contributed by atoms with Crippen molar-refractivity contribution in [1.29, 1.82) is 0 Å². The average molecular weight is 420 g/mol. The van der Waals surface area contributed by atoms with E-state index in [1.54, 1.807) is 10.9 Å². The topological polar surface area (TPSA) is 128 Å². The highest BCUT2D eigenvalue weighted by Gasteiger charge is 2.29. The first-order chi connectivity index (χ1) is 15.0. The number of nitrogens with zero attached hydrogens (tertiary/aromatic N) is 5. The lowest BCUT2D eigenvalue weighted by Crippen LogP contribution is -2.30. The van der Waals surface area contributed by atoms with Gasteiger partial charge in [-0.05, 0) is 11.6 Å². The van der Waals surface area contributed by atoms with Crippen molar-refractivity contribution in [3.05, 3.63) is 88.7 Å². The molecule has 2 unspecified atom stereocenters. The fourth-order valence-electron chi connectivity index (χ4n) is 3.54. The van der Waals surface area contributed by atoms with Crippen molar-refractivity contribution < 1.29 is 14.4 Å². The lowest BCUT2D eigenvalue weighted by atomic mass is 9.93. The summed E-state index contributed by atoms with van der Waals surface area (Å²) in [6, 6.07) is 11.2. The van der Waals surface area contributed by atoms with E-state index in [2.05, 4.69) is 25.1 Å². The van der Waals surface area contributed by atoms with Gasteiger partial charge in [-0.1, -0.05) is 42.4 Å². The Kier molecular flexibility index (Phi) is 5.35. The van der Waals surface area contributed by atoms with Crippen LogP contribution in [0.1, 0.15) is 40.8 Å². The van der Waals surface area contributed by atoms with Crippen LogP contribution in [-0.2, 0) is 7.05 Å². The Hall–Kier alpha value is -4.21. The highest BCUT2D eigenvalue weighted by Crippen LogP contribution is 2.33. The summed E-state index contributed by atoms with van der Waals surface area (Å²) < 4.78 is 7.70. The molecule has 0 saturated heterocycles. The molecule has 0 aliphatic carbocycles. The van der Waals surface area contributed by atoms with Crippen LogP contribution < -0.4 is 10.9 Å². The molecule has 0 aliphatic rings. The SMILES string of the molecule is CC(c1nc(C(=O)Nc2cnoc2)c(O)c(=O)n1C)C(c1ccccc1)n1cccn1. The maximum absolute atomic E-state index is 12.7. The van der Waals surface area contributed by atoms with Crippen LogP contribution in [0.15, 0.2) is 70.6 Å². The fraction of sp³-hybridized carbons (Fsp3) is 0.190. The molecular weight excluding hydrogens is 400 g/mol. The predicted molar refractivity (Wildman–Crippen MR) is 111 cm³/mol. The fourth-order valence-corrected chi connectivity index (χ4v) is 3.54. The van der Waals surface area contributed by atoms with Gasteiger partial charge in [-0.15, -0.1) is 0 Å². The van der Waals surface area contributed by atoms with E-state index in [-0.39, 0.29) is 23.3 Å². The quantitative estimate of drug-likeness (QED) is 0.490. The van der Waals surface area contributed by atoms with E-state index in [1.807, 2.05) is 49.5 Å². The molecule has 3 aromatic heterocycles. The van der Waals surface area contributed by atoms with Crippen LogP contribution >= 0.6 is 0 Å². The van der Waals surface area contributed by atoms with Crippen LogP contribution in [0.2, 0.25) is 0 Å². The molecular formula is C21H20N6O4. The number of hydrogen-bond acceptors (Lipinski definition) is 7. The van der Waals surface area contributed by atoms with Gasteiger partial charge in [0.15, 0.2) is 5.69 Å². The number of rotatable bonds is 6. The number of amides is 1. The number of hydrogen-bond donors (Lipinski definition) is 2. The molecule has 10 nitrogen and oxygen atoms in total. The summed E-state index contributed by atoms with van der Waals surface area (Å²) in [5.41, 5.74) is 0.134. The van der Waals surface area contributed by atoms with Gasteiger partial charge in [-0.2, -0.15) is 5.10 Å². The first-order valence-corrected chi connectivity index (χ1v) is 9.52. The second-order valence-corrected chi connectivity index (χ2v) is 7.03. The minimum atomic E-state index is -0.748. The number of carbonyl (C=O) groups is 1. The highest BCUT2D eigenvalue weighted by atomic mass is 16.5. The van der Waals surface area contributed by atoms with Crippen LogP contribution in [0.3, 0.4) is 0 Å². The third-order valence-electron chi connectivity index (χ3n) is 5.04. The van der Waals surface area contributed by atoms with Gasteiger partial charge in [-0.3, -0.25) is 18.8 Å². The Bertz CT molecular complexity index is 1230. The van der Waals surface area contributed by atoms with Crippen molar-refractivity contribution >= 4 is 11.6 Å². The van der Waals surface area contributed by atoms with E-state index in [4.69, 9.17) is 0 Å². The summed E-state index contributed by atoms with van der Waals surface area (Å²) in [6.07, 6.45) is 6.02. The van der Waals surface area contributed by atoms with Gasteiger partial charge in [0, 0.05) is 25.4 Å². The first-order valence-electron chi connectivity index (χ1n) is 9.52. The first kappa shape index (κ1) is 20.1. The molecule has 2 atom stereocenters. The molecule has 4 rings (SSSR count). The van der Waals surface area contributed by atoms with E-state index < -0.39 is 17.2 Å². The van der Waals surface area contributed by atoms with Crippen molar-refractivity contribution in [2.75, 3.05) is 5.32 Å². The Morgan fingerprint density at radius 1 is 1.23 bits per heavy atom. The zero-order valence-corrected chi connectivity index (χ0v) is 16.8. The van der Waals surface area contributed by atoms with Crippen LogP contribution in [-0.4, -0.2) is 35.5 Å². The summed E-state index contributed by atoms with van der Waals surface area (Å²) in [7, 11) is 1.51. The van der Waals surface area contributed by atoms with Gasteiger partial charge in [0.1, 0.15) is 17.8 Å². The predicted octanol–water partition coefficient (Wildman–Crippen LogP) is 2.32. The monoisotopic (exact) mass is 420 g/mol. The molecule has 0 aliphatic heterocycles. The maximum atomic E-state index is 12.7. The summed E-state index contributed by atoms with van der Waals surface area (Å²) in [6.45, 7) is 1.89. The third-order valence-corrected chi connectivity index (χ3v) is 5.04. The van der Waals surface area contributed by atoms with Crippen molar-refractivity contribution in [3.63, 3.8) is 0 Å². The van der Waals surface area contributed by atoms with Crippen LogP contribution in [0, 0.1) is 0 Å². The summed E-state index contributed by atoms with van der Waals surface area (Å²) in [5, 5.41) is 20.7. The highest BCUT2D eigenvalue weighted by molar-refractivity contribution is 6.04. The lowest BCUT2D eigenvalue weighted by molar-refractivity contribution is 0.101. The number of aromatic hydroxyl groups is 1. The molecule has 2 N–H and O–H groups in total. The van der Waals surface area contributed by atoms with Crippen molar-refractivity contribution in [2.45, 2.75) is 18.9 Å². The molecule has 10 heteroatoms. The molecule has 3 heterocycles. The van der Waals surface area contributed by atoms with Gasteiger partial charge in [-0.25, -0.2) is 4.98 Å². The van der Waals surface area contributed by atoms with Gasteiger partial charge < -0.3 is 14.9 Å². The van der Waals surface area contributed by atoms with E-state index in [0.717, 1.165) is 5.56 Å². The van der Waals surface area contributed by atoms with Crippen molar-refractivity contribution in [2.24, 2.45) is 7.05 Å². The Morgan fingerprint density at radius 2 is 2.00 bits per heavy atom. The molecule has 0 fully saturated rings. The van der Waals surface area contributed by atoms with Gasteiger partial charge in [0.2, 0.25) is 5.75 Å². The zero-order valence-electron chi connectivity index (χ0n) is 16.8. The lowest BCUT2D eigenvalue weighted by Gasteiger charge is -2.26. The minimum Gasteiger partial charge on any atom is -0.501 e. The van der Waals surface area contributed by atoms with Crippen molar-refractivity contribution in [1.82, 2.24) is 24.5 Å². The van der Waals surface area contributed by atoms with E-state index in [0.29, 0.717) is 5.82 Å². The normalized spacial score (nSPS) is 13.0. The third kappa shape index (κ3) is 3.82. The number of benzene rings is 1. The average Bonchev–Trinajstić information content (AvgIpc) is 3.48. The maximum Gasteiger partial charge on any atom is 0.296 e. The second-order valence-electron chi connectivity index (χ2n) is 7.03. The van der Waals surface area contributed by atoms with E-state index >= 15 is 0 Å². The Balaban J connectivity index is 1.79. The molecule has 31 heavy (non-hydrogen) atoms. The molecule has 1 amide bonds. The molecule has 4 aromatic rings. The van der Waals surface area contributed by atoms with Gasteiger partial charge in [0.25, 0.3) is 11.5 Å². The van der Waals surface area contributed by atoms with Crippen LogP contribution in [0.5, 0.6) is 5.75 Å². The zero-order chi connectivity index (χ0) is 22.0. The smallest absolute Gasteiger partial charge is 0.296 e. The summed E-state index contributed by atoms with van der Waals surface area (Å²) in [4.78, 5) is 29.8. The number of carbonyl (C=O) groups excluding carboxylic acids is 1. The Morgan fingerprint density at radius 3 is 2.65 bits per heavy atom. The summed E-state index contributed by atoms with van der Waals surface area (Å²) >= 11 is 0. The molecule has 0 radical (unpaired) electrons. The standard InChI is InChI=1S/C21H20N6O4/c1-13(17(27-10-6-9-22-27)14-7-4-3-5-8-14)19-25-16(18(28)21(30)26(19)2)20(29)24-15-11-23-31-12-15/h3-13,17,28H,1-2H3,(H,24,29). The molecule has 1 aromatic carbocycles. The van der Waals surface area contributed by atoms with E-state index in [9.17, 15) is 14.7 Å². The number of anilines is 1. The minimum absolute atomic E-state index is 0.278. The number of nitrogens with one attached hydrogen (secondary N) is 1. The van der Waals surface area contributed by atoms with Crippen LogP contribution in [0.4, 0.5) is 5.69 Å². The van der Waals surface area contributed by atoms with Gasteiger partial charge >= 0.3 is 0 Å². The van der Waals surface area contributed by atoms with Crippen molar-refractivity contribution in [3.8, 4) is 5.75 Å². The molecule has 0 saturated carbocycles.